The van der Waals surface area contributed by atoms with Gasteiger partial charge in [0, 0.05) is 12.6 Å². The van der Waals surface area contributed by atoms with Gasteiger partial charge in [-0.25, -0.2) is 4.79 Å². The largest absolute Gasteiger partial charge is 0.480 e. The van der Waals surface area contributed by atoms with Crippen molar-refractivity contribution in [1.29, 1.82) is 0 Å². The number of carbonyl (C=O) groups is 2. The van der Waals surface area contributed by atoms with Gasteiger partial charge in [0.05, 0.1) is 13.2 Å². The van der Waals surface area contributed by atoms with Crippen LogP contribution in [0.5, 0.6) is 0 Å². The highest BCUT2D eigenvalue weighted by atomic mass is 16.5. The van der Waals surface area contributed by atoms with Crippen LogP contribution >= 0.6 is 0 Å². The summed E-state index contributed by atoms with van der Waals surface area (Å²) in [7, 11) is 0. The number of carboxylic acids is 1. The summed E-state index contributed by atoms with van der Waals surface area (Å²) in [6.07, 6.45) is 1.48. The lowest BCUT2D eigenvalue weighted by Crippen LogP contribution is -2.52. The molecule has 106 valence electrons. The van der Waals surface area contributed by atoms with Crippen LogP contribution in [0.4, 0.5) is 0 Å². The molecule has 0 saturated carbocycles. The molecule has 1 fully saturated rings. The Hall–Kier alpha value is -2.14. The van der Waals surface area contributed by atoms with E-state index in [0.29, 0.717) is 13.2 Å². The lowest BCUT2D eigenvalue weighted by atomic mass is 10.1. The quantitative estimate of drug-likeness (QED) is 0.847. The van der Waals surface area contributed by atoms with Gasteiger partial charge in [0.25, 0.3) is 0 Å². The lowest BCUT2D eigenvalue weighted by molar-refractivity contribution is -0.156. The average molecular weight is 275 g/mol. The Kier molecular flexibility index (Phi) is 4.53. The molecule has 5 heteroatoms. The molecule has 1 N–H and O–H groups in total. The van der Waals surface area contributed by atoms with Crippen molar-refractivity contribution in [1.82, 2.24) is 4.90 Å². The number of morpholine rings is 1. The number of carboxylic acid groups (broad SMARTS) is 1. The van der Waals surface area contributed by atoms with Crippen LogP contribution < -0.4 is 0 Å². The van der Waals surface area contributed by atoms with E-state index in [4.69, 9.17) is 9.84 Å². The van der Waals surface area contributed by atoms with Crippen LogP contribution in [0.25, 0.3) is 5.57 Å². The molecule has 1 aliphatic rings. The maximum Gasteiger partial charge on any atom is 0.328 e. The van der Waals surface area contributed by atoms with Crippen molar-refractivity contribution in [3.8, 4) is 0 Å². The van der Waals surface area contributed by atoms with Gasteiger partial charge in [-0.1, -0.05) is 30.3 Å². The number of hydrogen-bond donors (Lipinski definition) is 1. The van der Waals surface area contributed by atoms with Crippen LogP contribution in [0.15, 0.2) is 36.4 Å². The number of benzene rings is 1. The zero-order valence-corrected chi connectivity index (χ0v) is 11.3. The fraction of sp³-hybridized carbons (Fsp3) is 0.333. The zero-order chi connectivity index (χ0) is 14.5. The van der Waals surface area contributed by atoms with E-state index >= 15 is 0 Å². The van der Waals surface area contributed by atoms with Crippen molar-refractivity contribution in [2.75, 3.05) is 19.8 Å². The van der Waals surface area contributed by atoms with Gasteiger partial charge >= 0.3 is 5.97 Å². The molecular formula is C15H17NO4. The molecule has 2 rings (SSSR count). The summed E-state index contributed by atoms with van der Waals surface area (Å²) >= 11 is 0. The number of aliphatic carboxylic acids is 1. The van der Waals surface area contributed by atoms with Gasteiger partial charge in [-0.3, -0.25) is 4.79 Å². The summed E-state index contributed by atoms with van der Waals surface area (Å²) in [5.74, 6) is -1.33. The molecule has 20 heavy (non-hydrogen) atoms. The van der Waals surface area contributed by atoms with Crippen LogP contribution in [0.3, 0.4) is 0 Å². The van der Waals surface area contributed by atoms with Crippen LogP contribution in [0, 0.1) is 0 Å². The number of ether oxygens (including phenoxy) is 1. The van der Waals surface area contributed by atoms with Gasteiger partial charge in [0.2, 0.25) is 5.91 Å². The van der Waals surface area contributed by atoms with Crippen molar-refractivity contribution < 1.29 is 19.4 Å². The Morgan fingerprint density at radius 1 is 1.35 bits per heavy atom. The van der Waals surface area contributed by atoms with Crippen molar-refractivity contribution in [2.24, 2.45) is 0 Å². The number of rotatable bonds is 3. The number of amides is 1. The highest BCUT2D eigenvalue weighted by Gasteiger charge is 2.31. The summed E-state index contributed by atoms with van der Waals surface area (Å²) in [6, 6.07) is 8.61. The Balaban J connectivity index is 2.16. The first kappa shape index (κ1) is 14.3. The monoisotopic (exact) mass is 275 g/mol. The highest BCUT2D eigenvalue weighted by Crippen LogP contribution is 2.15. The minimum Gasteiger partial charge on any atom is -0.480 e. The Bertz CT molecular complexity index is 524. The Morgan fingerprint density at radius 3 is 2.70 bits per heavy atom. The number of allylic oxidation sites excluding steroid dienone is 1. The minimum atomic E-state index is -1.04. The standard InChI is InChI=1S/C15H17NO4/c1-11(12-5-3-2-4-6-12)9-14(17)16-7-8-20-10-13(16)15(18)19/h2-6,9,13H,7-8,10H2,1H3,(H,18,19)/b11-9+. The van der Waals surface area contributed by atoms with Crippen molar-refractivity contribution in [2.45, 2.75) is 13.0 Å². The van der Waals surface area contributed by atoms with E-state index in [1.165, 1.54) is 11.0 Å². The normalized spacial score (nSPS) is 19.8. The number of hydrogen-bond acceptors (Lipinski definition) is 3. The van der Waals surface area contributed by atoms with E-state index in [9.17, 15) is 9.59 Å². The van der Waals surface area contributed by atoms with Crippen LogP contribution in [0.2, 0.25) is 0 Å². The molecule has 1 atom stereocenters. The molecule has 0 aromatic heterocycles. The molecule has 1 saturated heterocycles. The maximum atomic E-state index is 12.2. The molecule has 1 aromatic rings. The molecule has 1 heterocycles. The molecular weight excluding hydrogens is 258 g/mol. The number of carbonyl (C=O) groups excluding carboxylic acids is 1. The third-order valence-electron chi connectivity index (χ3n) is 3.27. The third kappa shape index (κ3) is 3.24. The summed E-state index contributed by atoms with van der Waals surface area (Å²) in [5.41, 5.74) is 1.76. The molecule has 0 aliphatic carbocycles. The van der Waals surface area contributed by atoms with Gasteiger partial charge in [-0.05, 0) is 18.1 Å². The second-order valence-corrected chi connectivity index (χ2v) is 4.65. The molecule has 0 spiro atoms. The third-order valence-corrected chi connectivity index (χ3v) is 3.27. The fourth-order valence-corrected chi connectivity index (χ4v) is 2.12. The van der Waals surface area contributed by atoms with E-state index < -0.39 is 12.0 Å². The van der Waals surface area contributed by atoms with Crippen LogP contribution in [0.1, 0.15) is 12.5 Å². The first-order valence-electron chi connectivity index (χ1n) is 6.44. The first-order valence-corrected chi connectivity index (χ1v) is 6.44. The van der Waals surface area contributed by atoms with Crippen molar-refractivity contribution in [3.05, 3.63) is 42.0 Å². The Morgan fingerprint density at radius 2 is 2.05 bits per heavy atom. The molecule has 1 aliphatic heterocycles. The predicted octanol–water partition coefficient (Wildman–Crippen LogP) is 1.40. The van der Waals surface area contributed by atoms with Gasteiger partial charge in [-0.15, -0.1) is 0 Å². The zero-order valence-electron chi connectivity index (χ0n) is 11.3. The minimum absolute atomic E-state index is 0.0410. The highest BCUT2D eigenvalue weighted by molar-refractivity contribution is 5.97. The topological polar surface area (TPSA) is 66.8 Å². The fourth-order valence-electron chi connectivity index (χ4n) is 2.12. The SMILES string of the molecule is C/C(=C\C(=O)N1CCOCC1C(=O)O)c1ccccc1. The predicted molar refractivity (Wildman–Crippen MR) is 74.0 cm³/mol. The van der Waals surface area contributed by atoms with E-state index in [0.717, 1.165) is 11.1 Å². The van der Waals surface area contributed by atoms with E-state index in [1.54, 1.807) is 0 Å². The van der Waals surface area contributed by atoms with Gasteiger partial charge in [0.15, 0.2) is 6.04 Å². The molecule has 5 nitrogen and oxygen atoms in total. The van der Waals surface area contributed by atoms with Crippen LogP contribution in [-0.4, -0.2) is 47.7 Å². The molecule has 1 aromatic carbocycles. The summed E-state index contributed by atoms with van der Waals surface area (Å²) in [6.45, 7) is 2.55. The second kappa shape index (κ2) is 6.34. The molecule has 1 amide bonds. The van der Waals surface area contributed by atoms with Crippen molar-refractivity contribution in [3.63, 3.8) is 0 Å². The summed E-state index contributed by atoms with van der Waals surface area (Å²) < 4.78 is 5.12. The lowest BCUT2D eigenvalue weighted by Gasteiger charge is -2.32. The van der Waals surface area contributed by atoms with Gasteiger partial charge < -0.3 is 14.7 Å². The molecule has 0 bridgehead atoms. The summed E-state index contributed by atoms with van der Waals surface area (Å²) in [4.78, 5) is 24.7. The van der Waals surface area contributed by atoms with Crippen LogP contribution in [-0.2, 0) is 14.3 Å². The van der Waals surface area contributed by atoms with E-state index in [2.05, 4.69) is 0 Å². The summed E-state index contributed by atoms with van der Waals surface area (Å²) in [5, 5.41) is 9.11. The smallest absolute Gasteiger partial charge is 0.328 e. The Labute approximate surface area is 117 Å². The maximum absolute atomic E-state index is 12.2. The van der Waals surface area contributed by atoms with Crippen molar-refractivity contribution >= 4 is 17.4 Å². The average Bonchev–Trinajstić information content (AvgIpc) is 2.48. The number of nitrogens with zero attached hydrogens (tertiary/aromatic N) is 1. The van der Waals surface area contributed by atoms with Gasteiger partial charge in [0.1, 0.15) is 0 Å². The van der Waals surface area contributed by atoms with E-state index in [1.807, 2.05) is 37.3 Å². The molecule has 1 unspecified atom stereocenters. The first-order chi connectivity index (χ1) is 9.59. The van der Waals surface area contributed by atoms with Gasteiger partial charge in [-0.2, -0.15) is 0 Å². The second-order valence-electron chi connectivity index (χ2n) is 4.65. The van der Waals surface area contributed by atoms with E-state index in [-0.39, 0.29) is 12.5 Å². The molecule has 0 radical (unpaired) electrons.